The van der Waals surface area contributed by atoms with Gasteiger partial charge >= 0.3 is 5.69 Å². The van der Waals surface area contributed by atoms with E-state index in [4.69, 9.17) is 4.74 Å². The molecule has 1 saturated heterocycles. The topological polar surface area (TPSA) is 96.3 Å². The van der Waals surface area contributed by atoms with Crippen LogP contribution in [-0.2, 0) is 6.42 Å². The van der Waals surface area contributed by atoms with Crippen LogP contribution in [0.5, 0.6) is 5.88 Å². The predicted octanol–water partition coefficient (Wildman–Crippen LogP) is 3.86. The van der Waals surface area contributed by atoms with E-state index in [-0.39, 0.29) is 11.5 Å². The number of fused-ring (bicyclic) bond motifs is 1. The highest BCUT2D eigenvalue weighted by Crippen LogP contribution is 2.31. The summed E-state index contributed by atoms with van der Waals surface area (Å²) in [4.78, 5) is 20.8. The molecule has 0 saturated carbocycles. The molecule has 1 fully saturated rings. The first-order valence-corrected chi connectivity index (χ1v) is 9.32. The van der Waals surface area contributed by atoms with Gasteiger partial charge in [-0.25, -0.2) is 0 Å². The number of anilines is 2. The van der Waals surface area contributed by atoms with E-state index in [1.165, 1.54) is 37.6 Å². The fourth-order valence-electron chi connectivity index (χ4n) is 3.84. The molecule has 8 heteroatoms. The zero-order chi connectivity index (χ0) is 19.7. The van der Waals surface area contributed by atoms with Gasteiger partial charge in [-0.15, -0.1) is 0 Å². The lowest BCUT2D eigenvalue weighted by Gasteiger charge is -2.18. The van der Waals surface area contributed by atoms with E-state index in [9.17, 15) is 10.1 Å². The first kappa shape index (κ1) is 18.2. The molecule has 2 N–H and O–H groups in total. The number of H-pyrrole nitrogens is 1. The van der Waals surface area contributed by atoms with E-state index in [1.54, 1.807) is 0 Å². The van der Waals surface area contributed by atoms with Crippen molar-refractivity contribution in [2.24, 2.45) is 0 Å². The van der Waals surface area contributed by atoms with E-state index < -0.39 is 4.92 Å². The lowest BCUT2D eigenvalue weighted by atomic mass is 10.0. The quantitative estimate of drug-likeness (QED) is 0.497. The van der Waals surface area contributed by atoms with Crippen LogP contribution in [0, 0.1) is 10.1 Å². The van der Waals surface area contributed by atoms with E-state index >= 15 is 0 Å². The van der Waals surface area contributed by atoms with E-state index in [2.05, 4.69) is 33.4 Å². The molecular weight excluding hydrogens is 358 g/mol. The SMILES string of the molecule is COc1ccc([N+](=O)[O-])c(Nc2ccc3[nH]cc(C[C@H]4CCCN4C)c3c2)n1. The number of aromatic amines is 1. The molecule has 28 heavy (non-hydrogen) atoms. The van der Waals surface area contributed by atoms with Gasteiger partial charge in [-0.05, 0) is 56.6 Å². The van der Waals surface area contributed by atoms with Crippen LogP contribution in [-0.4, -0.2) is 46.5 Å². The number of likely N-dealkylation sites (tertiary alicyclic amines) is 1. The van der Waals surface area contributed by atoms with Gasteiger partial charge in [0, 0.05) is 41.0 Å². The summed E-state index contributed by atoms with van der Waals surface area (Å²) in [5, 5.41) is 15.5. The van der Waals surface area contributed by atoms with Crippen molar-refractivity contribution >= 4 is 28.1 Å². The minimum absolute atomic E-state index is 0.0947. The molecule has 3 aromatic rings. The van der Waals surface area contributed by atoms with Gasteiger partial charge in [0.15, 0.2) is 0 Å². The summed E-state index contributed by atoms with van der Waals surface area (Å²) in [6.07, 6.45) is 5.49. The molecule has 0 aliphatic carbocycles. The van der Waals surface area contributed by atoms with Crippen LogP contribution in [0.4, 0.5) is 17.2 Å². The summed E-state index contributed by atoms with van der Waals surface area (Å²) >= 11 is 0. The fourth-order valence-corrected chi connectivity index (χ4v) is 3.84. The average Bonchev–Trinajstić information content (AvgIpc) is 3.28. The fraction of sp³-hybridized carbons (Fsp3) is 0.350. The molecule has 1 aromatic carbocycles. The molecule has 146 valence electrons. The second kappa shape index (κ2) is 7.47. The van der Waals surface area contributed by atoms with Crippen LogP contribution in [0.15, 0.2) is 36.5 Å². The zero-order valence-corrected chi connectivity index (χ0v) is 15.9. The number of rotatable bonds is 6. The number of benzene rings is 1. The van der Waals surface area contributed by atoms with Crippen LogP contribution >= 0.6 is 0 Å². The van der Waals surface area contributed by atoms with Crippen LogP contribution in [0.25, 0.3) is 10.9 Å². The van der Waals surface area contributed by atoms with Crippen molar-refractivity contribution in [3.8, 4) is 5.88 Å². The van der Waals surface area contributed by atoms with Gasteiger partial charge in [0.2, 0.25) is 11.7 Å². The molecule has 1 aliphatic rings. The third-order valence-electron chi connectivity index (χ3n) is 5.41. The van der Waals surface area contributed by atoms with Crippen LogP contribution in [0.3, 0.4) is 0 Å². The van der Waals surface area contributed by atoms with Crippen molar-refractivity contribution in [2.75, 3.05) is 26.0 Å². The summed E-state index contributed by atoms with van der Waals surface area (Å²) in [5.74, 6) is 0.483. The molecule has 3 heterocycles. The van der Waals surface area contributed by atoms with Crippen molar-refractivity contribution in [1.29, 1.82) is 0 Å². The molecule has 4 rings (SSSR count). The molecule has 0 bridgehead atoms. The Morgan fingerprint density at radius 1 is 1.39 bits per heavy atom. The number of nitrogens with zero attached hydrogens (tertiary/aromatic N) is 3. The molecular formula is C20H23N5O3. The Kier molecular flexibility index (Phi) is 4.87. The summed E-state index contributed by atoms with van der Waals surface area (Å²) in [7, 11) is 3.66. The molecule has 0 radical (unpaired) electrons. The highest BCUT2D eigenvalue weighted by Gasteiger charge is 2.22. The van der Waals surface area contributed by atoms with Crippen molar-refractivity contribution < 1.29 is 9.66 Å². The van der Waals surface area contributed by atoms with Crippen molar-refractivity contribution in [3.05, 3.63) is 52.2 Å². The summed E-state index contributed by atoms with van der Waals surface area (Å²) in [5.41, 5.74) is 2.96. The molecule has 0 unspecified atom stereocenters. The number of nitrogens with one attached hydrogen (secondary N) is 2. The van der Waals surface area contributed by atoms with Crippen LogP contribution in [0.1, 0.15) is 18.4 Å². The number of methoxy groups -OCH3 is 1. The predicted molar refractivity (Wildman–Crippen MR) is 108 cm³/mol. The maximum atomic E-state index is 11.3. The third-order valence-corrected chi connectivity index (χ3v) is 5.41. The van der Waals surface area contributed by atoms with Gasteiger partial charge in [0.25, 0.3) is 0 Å². The Morgan fingerprint density at radius 3 is 2.96 bits per heavy atom. The molecule has 0 amide bonds. The third kappa shape index (κ3) is 3.50. The molecule has 2 aromatic heterocycles. The number of likely N-dealkylation sites (N-methyl/N-ethyl adjacent to an activating group) is 1. The van der Waals surface area contributed by atoms with Gasteiger partial charge in [0.05, 0.1) is 12.0 Å². The van der Waals surface area contributed by atoms with E-state index in [1.807, 2.05) is 18.2 Å². The summed E-state index contributed by atoms with van der Waals surface area (Å²) < 4.78 is 5.11. The molecule has 8 nitrogen and oxygen atoms in total. The monoisotopic (exact) mass is 381 g/mol. The second-order valence-electron chi connectivity index (χ2n) is 7.16. The number of hydrogen-bond acceptors (Lipinski definition) is 6. The Balaban J connectivity index is 1.65. The standard InChI is InChI=1S/C20H23N5O3/c1-24-9-3-4-15(24)10-13-12-21-17-6-5-14(11-16(13)17)22-20-18(25(26)27)7-8-19(23-20)28-2/h5-8,11-12,15,21H,3-4,9-10H2,1-2H3,(H,22,23)/t15-/m1/s1. The first-order valence-electron chi connectivity index (χ1n) is 9.32. The number of aromatic nitrogens is 2. The van der Waals surface area contributed by atoms with Gasteiger partial charge in [0.1, 0.15) is 0 Å². The van der Waals surface area contributed by atoms with Gasteiger partial charge < -0.3 is 19.9 Å². The highest BCUT2D eigenvalue weighted by atomic mass is 16.6. The summed E-state index contributed by atoms with van der Waals surface area (Å²) in [6, 6.07) is 9.30. The Bertz CT molecular complexity index is 1020. The minimum atomic E-state index is -0.453. The molecule has 0 spiro atoms. The molecule has 1 aliphatic heterocycles. The maximum Gasteiger partial charge on any atom is 0.311 e. The van der Waals surface area contributed by atoms with Gasteiger partial charge in [-0.2, -0.15) is 4.98 Å². The zero-order valence-electron chi connectivity index (χ0n) is 15.9. The molecule has 1 atom stereocenters. The number of pyridine rings is 1. The van der Waals surface area contributed by atoms with E-state index in [0.717, 1.165) is 29.6 Å². The number of hydrogen-bond donors (Lipinski definition) is 2. The number of ether oxygens (including phenoxy) is 1. The van der Waals surface area contributed by atoms with Gasteiger partial charge in [-0.1, -0.05) is 0 Å². The highest BCUT2D eigenvalue weighted by molar-refractivity contribution is 5.87. The Hall–Kier alpha value is -3.13. The number of nitro groups is 1. The van der Waals surface area contributed by atoms with Crippen molar-refractivity contribution in [2.45, 2.75) is 25.3 Å². The minimum Gasteiger partial charge on any atom is -0.481 e. The van der Waals surface area contributed by atoms with Crippen LogP contribution < -0.4 is 10.1 Å². The Labute approximate surface area is 162 Å². The lowest BCUT2D eigenvalue weighted by Crippen LogP contribution is -2.26. The van der Waals surface area contributed by atoms with E-state index in [0.29, 0.717) is 11.9 Å². The van der Waals surface area contributed by atoms with Crippen LogP contribution in [0.2, 0.25) is 0 Å². The summed E-state index contributed by atoms with van der Waals surface area (Å²) in [6.45, 7) is 1.14. The smallest absolute Gasteiger partial charge is 0.311 e. The maximum absolute atomic E-state index is 11.3. The van der Waals surface area contributed by atoms with Crippen molar-refractivity contribution in [1.82, 2.24) is 14.9 Å². The van der Waals surface area contributed by atoms with Gasteiger partial charge in [-0.3, -0.25) is 10.1 Å². The largest absolute Gasteiger partial charge is 0.481 e. The Morgan fingerprint density at radius 2 is 2.25 bits per heavy atom. The normalized spacial score (nSPS) is 17.1. The second-order valence-corrected chi connectivity index (χ2v) is 7.16. The lowest BCUT2D eigenvalue weighted by molar-refractivity contribution is -0.384. The van der Waals surface area contributed by atoms with Crippen molar-refractivity contribution in [3.63, 3.8) is 0 Å². The first-order chi connectivity index (χ1) is 13.5. The average molecular weight is 381 g/mol.